The zero-order valence-corrected chi connectivity index (χ0v) is 22.5. The lowest BCUT2D eigenvalue weighted by molar-refractivity contribution is -0.384. The van der Waals surface area contributed by atoms with E-state index in [4.69, 9.17) is 32.7 Å². The van der Waals surface area contributed by atoms with Crippen molar-refractivity contribution in [1.29, 1.82) is 0 Å². The molecule has 6 rings (SSSR count). The number of nitro groups is 1. The molecule has 39 heavy (non-hydrogen) atoms. The number of halogens is 2. The average Bonchev–Trinajstić information content (AvgIpc) is 3.58. The lowest BCUT2D eigenvalue weighted by atomic mass is 10.1. The molecule has 0 saturated heterocycles. The number of esters is 2. The number of benzene rings is 3. The summed E-state index contributed by atoms with van der Waals surface area (Å²) < 4.78 is 12.4. The second-order valence-corrected chi connectivity index (χ2v) is 11.0. The zero-order chi connectivity index (χ0) is 27.3. The summed E-state index contributed by atoms with van der Waals surface area (Å²) >= 11 is 15.3. The van der Waals surface area contributed by atoms with Gasteiger partial charge < -0.3 is 9.47 Å². The van der Waals surface area contributed by atoms with Gasteiger partial charge in [0.25, 0.3) is 5.69 Å². The predicted octanol–water partition coefficient (Wildman–Crippen LogP) is 7.89. The van der Waals surface area contributed by atoms with Crippen molar-refractivity contribution in [3.63, 3.8) is 0 Å². The first kappa shape index (κ1) is 25.2. The van der Waals surface area contributed by atoms with Crippen molar-refractivity contribution >= 4 is 95.6 Å². The molecule has 192 valence electrons. The third kappa shape index (κ3) is 4.57. The maximum atomic E-state index is 13.1. The Morgan fingerprint density at radius 3 is 2.51 bits per heavy atom. The summed E-state index contributed by atoms with van der Waals surface area (Å²) in [5.41, 5.74) is 0.296. The van der Waals surface area contributed by atoms with Gasteiger partial charge in [0.2, 0.25) is 5.90 Å². The molecule has 1 aliphatic heterocycles. The molecule has 0 saturated carbocycles. The van der Waals surface area contributed by atoms with E-state index in [1.807, 2.05) is 24.3 Å². The normalized spacial score (nSPS) is 14.2. The maximum Gasteiger partial charge on any atom is 0.363 e. The summed E-state index contributed by atoms with van der Waals surface area (Å²) in [6.07, 6.45) is 1.45. The van der Waals surface area contributed by atoms with Crippen LogP contribution in [0.2, 0.25) is 10.0 Å². The molecular formula is C27H12Cl2N2O6S2. The van der Waals surface area contributed by atoms with Crippen LogP contribution in [0.15, 0.2) is 77.4 Å². The number of aliphatic imine (C=N–C) groups is 1. The van der Waals surface area contributed by atoms with Crippen molar-refractivity contribution in [1.82, 2.24) is 0 Å². The summed E-state index contributed by atoms with van der Waals surface area (Å²) in [5, 5.41) is 13.0. The van der Waals surface area contributed by atoms with Crippen LogP contribution in [0.3, 0.4) is 0 Å². The van der Waals surface area contributed by atoms with E-state index in [2.05, 4.69) is 4.99 Å². The van der Waals surface area contributed by atoms with Gasteiger partial charge in [-0.2, -0.15) is 0 Å². The fraction of sp³-hybridized carbons (Fsp3) is 0. The molecule has 0 bridgehead atoms. The van der Waals surface area contributed by atoms with E-state index in [1.54, 1.807) is 24.3 Å². The number of carbonyl (C=O) groups is 2. The van der Waals surface area contributed by atoms with Crippen molar-refractivity contribution < 1.29 is 24.0 Å². The number of fused-ring (bicyclic) bond motifs is 2. The second-order valence-electron chi connectivity index (χ2n) is 8.19. The topological polar surface area (TPSA) is 108 Å². The van der Waals surface area contributed by atoms with Gasteiger partial charge in [0.15, 0.2) is 5.70 Å². The Labute approximate surface area is 237 Å². The molecule has 1 aliphatic rings. The summed E-state index contributed by atoms with van der Waals surface area (Å²) in [4.78, 5) is 41.3. The number of cyclic esters (lactones) is 1. The predicted molar refractivity (Wildman–Crippen MR) is 152 cm³/mol. The Morgan fingerprint density at radius 1 is 0.974 bits per heavy atom. The van der Waals surface area contributed by atoms with Gasteiger partial charge in [0.1, 0.15) is 15.5 Å². The van der Waals surface area contributed by atoms with Gasteiger partial charge in [0.05, 0.1) is 15.0 Å². The molecule has 0 amide bonds. The third-order valence-corrected chi connectivity index (χ3v) is 9.07. The molecule has 0 aliphatic carbocycles. The molecule has 2 aromatic heterocycles. The second kappa shape index (κ2) is 9.90. The van der Waals surface area contributed by atoms with Crippen LogP contribution in [0.5, 0.6) is 5.75 Å². The van der Waals surface area contributed by atoms with E-state index in [9.17, 15) is 19.7 Å². The van der Waals surface area contributed by atoms with E-state index in [0.29, 0.717) is 25.5 Å². The minimum Gasteiger partial charge on any atom is -0.422 e. The van der Waals surface area contributed by atoms with E-state index >= 15 is 0 Å². The van der Waals surface area contributed by atoms with Gasteiger partial charge in [-0.15, -0.1) is 22.7 Å². The lowest BCUT2D eigenvalue weighted by Gasteiger charge is -2.07. The SMILES string of the molecule is O=C1OC(c2sc3ccccc3c2Cl)=N/C1=C/c1ccccc1OC(=O)c1sc2cc([N+](=O)[O-])ccc2c1Cl. The third-order valence-electron chi connectivity index (χ3n) is 5.77. The number of nitro benzene ring substituents is 1. The molecule has 3 heterocycles. The average molecular weight is 595 g/mol. The Hall–Kier alpha value is -4.09. The van der Waals surface area contributed by atoms with Gasteiger partial charge in [-0.3, -0.25) is 10.1 Å². The number of nitrogens with zero attached hydrogens (tertiary/aromatic N) is 2. The molecule has 0 fully saturated rings. The molecule has 0 atom stereocenters. The van der Waals surface area contributed by atoms with Gasteiger partial charge >= 0.3 is 11.9 Å². The number of para-hydroxylation sites is 1. The lowest BCUT2D eigenvalue weighted by Crippen LogP contribution is -2.08. The highest BCUT2D eigenvalue weighted by Crippen LogP contribution is 2.39. The Balaban J connectivity index is 1.31. The van der Waals surface area contributed by atoms with E-state index in [1.165, 1.54) is 35.6 Å². The van der Waals surface area contributed by atoms with Crippen LogP contribution in [-0.2, 0) is 9.53 Å². The fourth-order valence-electron chi connectivity index (χ4n) is 3.94. The van der Waals surface area contributed by atoms with Crippen LogP contribution in [-0.4, -0.2) is 22.8 Å². The van der Waals surface area contributed by atoms with E-state index < -0.39 is 16.9 Å². The molecular weight excluding hydrogens is 583 g/mol. The quantitative estimate of drug-likeness (QED) is 0.0672. The summed E-state index contributed by atoms with van der Waals surface area (Å²) in [5.74, 6) is -1.16. The molecule has 0 spiro atoms. The first-order chi connectivity index (χ1) is 18.8. The summed E-state index contributed by atoms with van der Waals surface area (Å²) in [6.45, 7) is 0. The number of hydrogen-bond acceptors (Lipinski definition) is 9. The molecule has 3 aromatic carbocycles. The van der Waals surface area contributed by atoms with Crippen LogP contribution >= 0.6 is 45.9 Å². The van der Waals surface area contributed by atoms with Crippen molar-refractivity contribution in [2.45, 2.75) is 0 Å². The van der Waals surface area contributed by atoms with E-state index in [0.717, 1.165) is 21.4 Å². The van der Waals surface area contributed by atoms with Crippen LogP contribution < -0.4 is 4.74 Å². The molecule has 0 N–H and O–H groups in total. The summed E-state index contributed by atoms with van der Waals surface area (Å²) in [6, 6.07) is 18.3. The monoisotopic (exact) mass is 594 g/mol. The number of thiophene rings is 2. The first-order valence-corrected chi connectivity index (χ1v) is 13.6. The molecule has 5 aromatic rings. The zero-order valence-electron chi connectivity index (χ0n) is 19.3. The van der Waals surface area contributed by atoms with Crippen molar-refractivity contribution in [3.05, 3.63) is 108 Å². The molecule has 8 nitrogen and oxygen atoms in total. The number of rotatable bonds is 5. The van der Waals surface area contributed by atoms with Crippen molar-refractivity contribution in [2.75, 3.05) is 0 Å². The van der Waals surface area contributed by atoms with Gasteiger partial charge in [-0.25, -0.2) is 14.6 Å². The molecule has 0 unspecified atom stereocenters. The highest BCUT2D eigenvalue weighted by molar-refractivity contribution is 7.22. The maximum absolute atomic E-state index is 13.1. The fourth-order valence-corrected chi connectivity index (χ4v) is 6.80. The van der Waals surface area contributed by atoms with Crippen molar-refractivity contribution in [3.8, 4) is 5.75 Å². The number of carbonyl (C=O) groups excluding carboxylic acids is 2. The van der Waals surface area contributed by atoms with Crippen LogP contribution in [0.4, 0.5) is 5.69 Å². The van der Waals surface area contributed by atoms with Gasteiger partial charge in [-0.1, -0.05) is 59.6 Å². The number of ether oxygens (including phenoxy) is 2. The highest BCUT2D eigenvalue weighted by atomic mass is 35.5. The van der Waals surface area contributed by atoms with Crippen LogP contribution in [0, 0.1) is 10.1 Å². The van der Waals surface area contributed by atoms with Gasteiger partial charge in [0, 0.05) is 37.9 Å². The Morgan fingerprint density at radius 2 is 1.72 bits per heavy atom. The highest BCUT2D eigenvalue weighted by Gasteiger charge is 2.28. The summed E-state index contributed by atoms with van der Waals surface area (Å²) in [7, 11) is 0. The minimum absolute atomic E-state index is 0.00854. The van der Waals surface area contributed by atoms with E-state index in [-0.39, 0.29) is 32.9 Å². The van der Waals surface area contributed by atoms with Crippen LogP contribution in [0.25, 0.3) is 26.2 Å². The standard InChI is InChI=1S/C27H12Cl2N2O6S2/c28-21-15-6-2-4-8-19(15)38-23(21)25-30-17(26(32)37-25)11-13-5-1-3-7-18(13)36-27(33)24-22(29)16-10-9-14(31(34)35)12-20(16)39-24/h1-12H/b17-11+. The Kier molecular flexibility index (Phi) is 6.40. The van der Waals surface area contributed by atoms with Crippen LogP contribution in [0.1, 0.15) is 20.1 Å². The Bertz CT molecular complexity index is 1920. The smallest absolute Gasteiger partial charge is 0.363 e. The largest absolute Gasteiger partial charge is 0.422 e. The molecule has 12 heteroatoms. The van der Waals surface area contributed by atoms with Crippen molar-refractivity contribution in [2.24, 2.45) is 4.99 Å². The first-order valence-electron chi connectivity index (χ1n) is 11.2. The number of hydrogen-bond donors (Lipinski definition) is 0. The minimum atomic E-state index is -0.745. The van der Waals surface area contributed by atoms with Gasteiger partial charge in [-0.05, 0) is 24.3 Å². The number of non-ortho nitro benzene ring substituents is 1. The molecule has 0 radical (unpaired) electrons.